The lowest BCUT2D eigenvalue weighted by atomic mass is 10.1. The van der Waals surface area contributed by atoms with Crippen molar-refractivity contribution in [2.24, 2.45) is 0 Å². The van der Waals surface area contributed by atoms with Crippen molar-refractivity contribution >= 4 is 50.7 Å². The molecule has 0 aromatic heterocycles. The highest BCUT2D eigenvalue weighted by atomic mass is 35.5. The number of nitrogens with one attached hydrogen (secondary N) is 1. The summed E-state index contributed by atoms with van der Waals surface area (Å²) in [7, 11) is -2.39. The van der Waals surface area contributed by atoms with Gasteiger partial charge in [-0.2, -0.15) is 0 Å². The smallest absolute Gasteiger partial charge is 0.244 e. The van der Waals surface area contributed by atoms with Gasteiger partial charge in [-0.15, -0.1) is 0 Å². The molecule has 0 aliphatic rings. The number of rotatable bonds is 9. The Kier molecular flexibility index (Phi) is 9.44. The zero-order valence-corrected chi connectivity index (χ0v) is 23.0. The highest BCUT2D eigenvalue weighted by Crippen LogP contribution is 2.26. The Bertz CT molecular complexity index is 1180. The van der Waals surface area contributed by atoms with Gasteiger partial charge in [0.15, 0.2) is 0 Å². The maximum atomic E-state index is 13.6. The van der Waals surface area contributed by atoms with Crippen molar-refractivity contribution in [1.82, 2.24) is 10.2 Å². The van der Waals surface area contributed by atoms with E-state index in [4.69, 9.17) is 27.9 Å². The number of sulfonamides is 1. The highest BCUT2D eigenvalue weighted by Gasteiger charge is 2.31. The van der Waals surface area contributed by atoms with Crippen LogP contribution in [0, 0.1) is 0 Å². The van der Waals surface area contributed by atoms with Crippen molar-refractivity contribution in [1.29, 1.82) is 0 Å². The maximum Gasteiger partial charge on any atom is 0.244 e. The van der Waals surface area contributed by atoms with Crippen LogP contribution in [-0.2, 0) is 26.2 Å². The third kappa shape index (κ3) is 8.30. The summed E-state index contributed by atoms with van der Waals surface area (Å²) in [4.78, 5) is 27.8. The van der Waals surface area contributed by atoms with E-state index in [9.17, 15) is 18.0 Å². The van der Waals surface area contributed by atoms with E-state index in [-0.39, 0.29) is 18.1 Å². The zero-order valence-electron chi connectivity index (χ0n) is 20.6. The topological polar surface area (TPSA) is 96.0 Å². The Morgan fingerprint density at radius 3 is 2.31 bits per heavy atom. The van der Waals surface area contributed by atoms with Gasteiger partial charge < -0.3 is 15.0 Å². The lowest BCUT2D eigenvalue weighted by Crippen LogP contribution is -2.54. The SMILES string of the molecule is COc1cccc(N(CC(=O)N(Cc2ccc(Cl)cc2Cl)[C@H](C)C(=O)NC(C)(C)C)S(C)(=O)=O)c1. The lowest BCUT2D eigenvalue weighted by Gasteiger charge is -2.33. The molecule has 1 N–H and O–H groups in total. The molecule has 0 fully saturated rings. The molecular formula is C24H31Cl2N3O5S. The Balaban J connectivity index is 2.45. The molecule has 11 heteroatoms. The largest absolute Gasteiger partial charge is 0.497 e. The molecule has 0 spiro atoms. The molecule has 2 amide bonds. The summed E-state index contributed by atoms with van der Waals surface area (Å²) in [6.45, 7) is 6.52. The van der Waals surface area contributed by atoms with E-state index >= 15 is 0 Å². The van der Waals surface area contributed by atoms with Crippen molar-refractivity contribution in [3.05, 3.63) is 58.1 Å². The van der Waals surface area contributed by atoms with Gasteiger partial charge >= 0.3 is 0 Å². The van der Waals surface area contributed by atoms with Gasteiger partial charge in [0.05, 0.1) is 19.1 Å². The molecule has 2 aromatic rings. The molecule has 0 unspecified atom stereocenters. The van der Waals surface area contributed by atoms with Crippen LogP contribution in [0.3, 0.4) is 0 Å². The number of anilines is 1. The first kappa shape index (κ1) is 28.7. The van der Waals surface area contributed by atoms with Gasteiger partial charge in [0.1, 0.15) is 18.3 Å². The maximum absolute atomic E-state index is 13.6. The fourth-order valence-corrected chi connectivity index (χ4v) is 4.58. The molecule has 8 nitrogen and oxygen atoms in total. The molecule has 2 rings (SSSR count). The van der Waals surface area contributed by atoms with Crippen LogP contribution >= 0.6 is 23.2 Å². The van der Waals surface area contributed by atoms with Gasteiger partial charge in [-0.1, -0.05) is 35.3 Å². The second-order valence-corrected chi connectivity index (χ2v) is 11.9. The first-order valence-electron chi connectivity index (χ1n) is 10.8. The second-order valence-electron chi connectivity index (χ2n) is 9.14. The van der Waals surface area contributed by atoms with Crippen molar-refractivity contribution in [3.8, 4) is 5.75 Å². The van der Waals surface area contributed by atoms with Gasteiger partial charge in [0.2, 0.25) is 21.8 Å². The van der Waals surface area contributed by atoms with Gasteiger partial charge in [-0.25, -0.2) is 8.42 Å². The number of carbonyl (C=O) groups excluding carboxylic acids is 2. The van der Waals surface area contributed by atoms with E-state index in [1.165, 1.54) is 18.1 Å². The monoisotopic (exact) mass is 543 g/mol. The van der Waals surface area contributed by atoms with E-state index in [0.717, 1.165) is 10.6 Å². The molecule has 0 saturated carbocycles. The normalized spacial score (nSPS) is 12.6. The Morgan fingerprint density at radius 1 is 1.11 bits per heavy atom. The quantitative estimate of drug-likeness (QED) is 0.513. The van der Waals surface area contributed by atoms with Crippen LogP contribution in [0.4, 0.5) is 5.69 Å². The third-order valence-electron chi connectivity index (χ3n) is 5.04. The van der Waals surface area contributed by atoms with Crippen LogP contribution in [0.1, 0.15) is 33.3 Å². The van der Waals surface area contributed by atoms with Crippen molar-refractivity contribution < 1.29 is 22.7 Å². The van der Waals surface area contributed by atoms with Crippen LogP contribution in [-0.4, -0.2) is 56.6 Å². The summed E-state index contributed by atoms with van der Waals surface area (Å²) in [5, 5.41) is 3.61. The summed E-state index contributed by atoms with van der Waals surface area (Å²) in [6, 6.07) is 10.3. The van der Waals surface area contributed by atoms with Crippen molar-refractivity contribution in [2.45, 2.75) is 45.8 Å². The molecule has 0 radical (unpaired) electrons. The van der Waals surface area contributed by atoms with Crippen LogP contribution in [0.25, 0.3) is 0 Å². The number of benzene rings is 2. The van der Waals surface area contributed by atoms with Crippen LogP contribution < -0.4 is 14.4 Å². The second kappa shape index (κ2) is 11.5. The minimum Gasteiger partial charge on any atom is -0.497 e. The van der Waals surface area contributed by atoms with E-state index < -0.39 is 34.1 Å². The molecule has 192 valence electrons. The zero-order chi connectivity index (χ0) is 26.6. The minimum atomic E-state index is -3.85. The van der Waals surface area contributed by atoms with Crippen molar-refractivity contribution in [2.75, 3.05) is 24.2 Å². The number of hydrogen-bond acceptors (Lipinski definition) is 5. The molecule has 35 heavy (non-hydrogen) atoms. The fraction of sp³-hybridized carbons (Fsp3) is 0.417. The van der Waals surface area contributed by atoms with Crippen LogP contribution in [0.5, 0.6) is 5.75 Å². The molecular weight excluding hydrogens is 513 g/mol. The van der Waals surface area contributed by atoms with E-state index in [1.54, 1.807) is 43.3 Å². The summed E-state index contributed by atoms with van der Waals surface area (Å²) in [5.41, 5.74) is 0.292. The predicted molar refractivity (Wildman–Crippen MR) is 140 cm³/mol. The number of carbonyl (C=O) groups is 2. The molecule has 0 bridgehead atoms. The molecule has 0 aliphatic carbocycles. The fourth-order valence-electron chi connectivity index (χ4n) is 3.27. The molecule has 0 saturated heterocycles. The summed E-state index contributed by atoms with van der Waals surface area (Å²) >= 11 is 12.3. The van der Waals surface area contributed by atoms with Crippen LogP contribution in [0.15, 0.2) is 42.5 Å². The number of methoxy groups -OCH3 is 1. The summed E-state index contributed by atoms with van der Waals surface area (Å²) in [6.07, 6.45) is 1.01. The molecule has 0 aliphatic heterocycles. The number of nitrogens with zero attached hydrogens (tertiary/aromatic N) is 2. The minimum absolute atomic E-state index is 0.0245. The molecule has 0 heterocycles. The Hall–Kier alpha value is -2.49. The first-order valence-corrected chi connectivity index (χ1v) is 13.4. The van der Waals surface area contributed by atoms with Gasteiger partial charge in [0.25, 0.3) is 0 Å². The number of amides is 2. The number of hydrogen-bond donors (Lipinski definition) is 1. The molecule has 1 atom stereocenters. The van der Waals surface area contributed by atoms with E-state index in [1.807, 2.05) is 20.8 Å². The lowest BCUT2D eigenvalue weighted by molar-refractivity contribution is -0.140. The van der Waals surface area contributed by atoms with Crippen molar-refractivity contribution in [3.63, 3.8) is 0 Å². The van der Waals surface area contributed by atoms with Crippen LogP contribution in [0.2, 0.25) is 10.0 Å². The highest BCUT2D eigenvalue weighted by molar-refractivity contribution is 7.92. The standard InChI is InChI=1S/C24H31Cl2N3O5S/c1-16(23(31)27-24(2,3)4)28(14-17-10-11-18(25)12-21(17)26)22(30)15-29(35(6,32)33)19-8-7-9-20(13-19)34-5/h7-13,16H,14-15H2,1-6H3,(H,27,31)/t16-/m1/s1. The van der Waals surface area contributed by atoms with E-state index in [2.05, 4.69) is 5.32 Å². The summed E-state index contributed by atoms with van der Waals surface area (Å²) < 4.78 is 31.4. The first-order chi connectivity index (χ1) is 16.1. The average molecular weight is 545 g/mol. The number of halogens is 2. The third-order valence-corrected chi connectivity index (χ3v) is 6.77. The van der Waals surface area contributed by atoms with Gasteiger partial charge in [-0.05, 0) is 57.5 Å². The molecule has 2 aromatic carbocycles. The van der Waals surface area contributed by atoms with Gasteiger partial charge in [0, 0.05) is 28.2 Å². The Morgan fingerprint density at radius 2 is 1.77 bits per heavy atom. The number of ether oxygens (including phenoxy) is 1. The predicted octanol–water partition coefficient (Wildman–Crippen LogP) is 4.10. The summed E-state index contributed by atoms with van der Waals surface area (Å²) in [5.74, 6) is -0.532. The van der Waals surface area contributed by atoms with E-state index in [0.29, 0.717) is 21.4 Å². The Labute approximate surface area is 217 Å². The van der Waals surface area contributed by atoms with Gasteiger partial charge in [-0.3, -0.25) is 13.9 Å². The average Bonchev–Trinajstić information content (AvgIpc) is 2.74.